The predicted octanol–water partition coefficient (Wildman–Crippen LogP) is 2.18. The van der Waals surface area contributed by atoms with E-state index in [9.17, 15) is 4.79 Å². The van der Waals surface area contributed by atoms with E-state index in [1.165, 1.54) is 0 Å². The first-order chi connectivity index (χ1) is 10.2. The van der Waals surface area contributed by atoms with Crippen molar-refractivity contribution >= 4 is 23.3 Å². The summed E-state index contributed by atoms with van der Waals surface area (Å²) in [5.41, 5.74) is 0.234. The summed E-state index contributed by atoms with van der Waals surface area (Å²) in [6.45, 7) is 3.93. The Bertz CT molecular complexity index is 585. The molecule has 112 valence electrons. The number of amides is 1. The van der Waals surface area contributed by atoms with Gasteiger partial charge in [-0.1, -0.05) is 18.5 Å². The monoisotopic (exact) mass is 307 g/mol. The molecule has 0 radical (unpaired) electrons. The summed E-state index contributed by atoms with van der Waals surface area (Å²) in [4.78, 5) is 16.4. The van der Waals surface area contributed by atoms with E-state index in [0.717, 1.165) is 13.0 Å². The number of pyridine rings is 1. The Labute approximate surface area is 128 Å². The number of carbonyl (C=O) groups excluding carboxylic acids is 1. The Morgan fingerprint density at radius 1 is 1.38 bits per heavy atom. The molecule has 21 heavy (non-hydrogen) atoms. The number of aromatic nitrogens is 3. The molecule has 0 spiro atoms. The lowest BCUT2D eigenvalue weighted by atomic mass is 10.3. The van der Waals surface area contributed by atoms with Gasteiger partial charge in [0.15, 0.2) is 0 Å². The molecule has 2 aromatic rings. The largest absolute Gasteiger partial charge is 0.370 e. The molecule has 0 aliphatic carbocycles. The third kappa shape index (κ3) is 4.46. The zero-order valence-electron chi connectivity index (χ0n) is 11.8. The van der Waals surface area contributed by atoms with Gasteiger partial charge in [0.1, 0.15) is 11.5 Å². The molecule has 0 atom stereocenters. The van der Waals surface area contributed by atoms with E-state index in [-0.39, 0.29) is 11.6 Å². The van der Waals surface area contributed by atoms with Gasteiger partial charge in [-0.3, -0.25) is 9.48 Å². The van der Waals surface area contributed by atoms with Crippen LogP contribution in [0, 0.1) is 0 Å². The minimum Gasteiger partial charge on any atom is -0.370 e. The summed E-state index contributed by atoms with van der Waals surface area (Å²) in [5.74, 6) is 0.366. The number of rotatable bonds is 7. The van der Waals surface area contributed by atoms with Gasteiger partial charge in [-0.2, -0.15) is 5.10 Å². The van der Waals surface area contributed by atoms with Crippen LogP contribution in [-0.2, 0) is 6.54 Å². The summed E-state index contributed by atoms with van der Waals surface area (Å²) in [7, 11) is 0. The van der Waals surface area contributed by atoms with Crippen molar-refractivity contribution in [2.24, 2.45) is 0 Å². The van der Waals surface area contributed by atoms with E-state index >= 15 is 0 Å². The first-order valence-corrected chi connectivity index (χ1v) is 7.24. The molecule has 1 amide bonds. The highest BCUT2D eigenvalue weighted by Crippen LogP contribution is 2.16. The molecule has 0 aliphatic rings. The molecule has 2 aromatic heterocycles. The van der Waals surface area contributed by atoms with Crippen LogP contribution in [0.15, 0.2) is 30.6 Å². The molecule has 0 saturated carbocycles. The van der Waals surface area contributed by atoms with E-state index in [0.29, 0.717) is 23.9 Å². The molecule has 2 N–H and O–H groups in total. The Morgan fingerprint density at radius 3 is 2.95 bits per heavy atom. The average Bonchev–Trinajstić information content (AvgIpc) is 2.99. The van der Waals surface area contributed by atoms with Crippen molar-refractivity contribution < 1.29 is 4.79 Å². The highest BCUT2D eigenvalue weighted by atomic mass is 35.5. The fourth-order valence-electron chi connectivity index (χ4n) is 1.75. The van der Waals surface area contributed by atoms with E-state index in [1.54, 1.807) is 23.0 Å². The topological polar surface area (TPSA) is 71.8 Å². The molecule has 6 nitrogen and oxygen atoms in total. The van der Waals surface area contributed by atoms with Gasteiger partial charge in [0, 0.05) is 25.5 Å². The van der Waals surface area contributed by atoms with Gasteiger partial charge in [0.05, 0.1) is 11.6 Å². The molecule has 7 heteroatoms. The fraction of sp³-hybridized carbons (Fsp3) is 0.357. The first-order valence-electron chi connectivity index (χ1n) is 6.86. The van der Waals surface area contributed by atoms with Gasteiger partial charge in [0.25, 0.3) is 5.91 Å². The highest BCUT2D eigenvalue weighted by Gasteiger charge is 2.12. The number of nitrogens with zero attached hydrogens (tertiary/aromatic N) is 3. The molecule has 0 bridgehead atoms. The van der Waals surface area contributed by atoms with Gasteiger partial charge in [0.2, 0.25) is 0 Å². The lowest BCUT2D eigenvalue weighted by molar-refractivity contribution is 0.0947. The normalized spacial score (nSPS) is 10.4. The zero-order valence-corrected chi connectivity index (χ0v) is 12.6. The van der Waals surface area contributed by atoms with Crippen molar-refractivity contribution in [1.29, 1.82) is 0 Å². The SMILES string of the molecule is CCCNc1ccc(Cl)c(C(=O)NCCn2cccn2)n1. The maximum absolute atomic E-state index is 12.1. The maximum Gasteiger partial charge on any atom is 0.271 e. The fourth-order valence-corrected chi connectivity index (χ4v) is 1.94. The van der Waals surface area contributed by atoms with Crippen LogP contribution in [0.25, 0.3) is 0 Å². The number of halogens is 1. The van der Waals surface area contributed by atoms with E-state index in [2.05, 4.69) is 27.6 Å². The minimum absolute atomic E-state index is 0.234. The van der Waals surface area contributed by atoms with Crippen molar-refractivity contribution in [3.05, 3.63) is 41.3 Å². The van der Waals surface area contributed by atoms with Crippen LogP contribution >= 0.6 is 11.6 Å². The number of hydrogen-bond donors (Lipinski definition) is 2. The Morgan fingerprint density at radius 2 is 2.24 bits per heavy atom. The molecule has 2 rings (SSSR count). The standard InChI is InChI=1S/C14H18ClN5O/c1-2-6-16-12-5-4-11(15)13(19-12)14(21)17-8-10-20-9-3-7-18-20/h3-5,7,9H,2,6,8,10H2,1H3,(H,16,19)(H,17,21). The van der Waals surface area contributed by atoms with Crippen molar-refractivity contribution in [1.82, 2.24) is 20.1 Å². The Balaban J connectivity index is 1.94. The van der Waals surface area contributed by atoms with Crippen LogP contribution in [0.2, 0.25) is 5.02 Å². The third-order valence-corrected chi connectivity index (χ3v) is 3.11. The predicted molar refractivity (Wildman–Crippen MR) is 82.6 cm³/mol. The average molecular weight is 308 g/mol. The van der Waals surface area contributed by atoms with Crippen LogP contribution in [-0.4, -0.2) is 33.8 Å². The highest BCUT2D eigenvalue weighted by molar-refractivity contribution is 6.33. The van der Waals surface area contributed by atoms with Crippen LogP contribution in [0.4, 0.5) is 5.82 Å². The number of carbonyl (C=O) groups is 1. The number of nitrogens with one attached hydrogen (secondary N) is 2. The van der Waals surface area contributed by atoms with Gasteiger partial charge in [-0.25, -0.2) is 4.98 Å². The van der Waals surface area contributed by atoms with E-state index < -0.39 is 0 Å². The molecule has 0 aromatic carbocycles. The molecule has 0 fully saturated rings. The summed E-state index contributed by atoms with van der Waals surface area (Å²) in [6, 6.07) is 5.27. The second kappa shape index (κ2) is 7.64. The van der Waals surface area contributed by atoms with Crippen LogP contribution in [0.5, 0.6) is 0 Å². The maximum atomic E-state index is 12.1. The minimum atomic E-state index is -0.285. The molecule has 0 saturated heterocycles. The quantitative estimate of drug-likeness (QED) is 0.822. The van der Waals surface area contributed by atoms with Crippen LogP contribution in [0.1, 0.15) is 23.8 Å². The Hall–Kier alpha value is -2.08. The summed E-state index contributed by atoms with van der Waals surface area (Å²) >= 11 is 6.03. The molecule has 0 aliphatic heterocycles. The second-order valence-electron chi connectivity index (χ2n) is 4.48. The number of hydrogen-bond acceptors (Lipinski definition) is 4. The van der Waals surface area contributed by atoms with Gasteiger partial charge in [-0.05, 0) is 24.6 Å². The van der Waals surface area contributed by atoms with Crippen molar-refractivity contribution in [3.8, 4) is 0 Å². The zero-order chi connectivity index (χ0) is 15.1. The summed E-state index contributed by atoms with van der Waals surface area (Å²) in [6.07, 6.45) is 4.52. The molecular formula is C14H18ClN5O. The van der Waals surface area contributed by atoms with Gasteiger partial charge < -0.3 is 10.6 Å². The van der Waals surface area contributed by atoms with Gasteiger partial charge in [-0.15, -0.1) is 0 Å². The van der Waals surface area contributed by atoms with Crippen LogP contribution in [0.3, 0.4) is 0 Å². The van der Waals surface area contributed by atoms with E-state index in [1.807, 2.05) is 12.3 Å². The Kier molecular flexibility index (Phi) is 5.57. The summed E-state index contributed by atoms with van der Waals surface area (Å²) in [5, 5.41) is 10.3. The van der Waals surface area contributed by atoms with Crippen molar-refractivity contribution in [3.63, 3.8) is 0 Å². The molecule has 0 unspecified atom stereocenters. The lowest BCUT2D eigenvalue weighted by Crippen LogP contribution is -2.28. The first kappa shape index (κ1) is 15.3. The van der Waals surface area contributed by atoms with E-state index in [4.69, 9.17) is 11.6 Å². The number of anilines is 1. The third-order valence-electron chi connectivity index (χ3n) is 2.80. The lowest BCUT2D eigenvalue weighted by Gasteiger charge is -2.09. The van der Waals surface area contributed by atoms with Gasteiger partial charge >= 0.3 is 0 Å². The smallest absolute Gasteiger partial charge is 0.271 e. The molecular weight excluding hydrogens is 290 g/mol. The van der Waals surface area contributed by atoms with Crippen molar-refractivity contribution in [2.45, 2.75) is 19.9 Å². The summed E-state index contributed by atoms with van der Waals surface area (Å²) < 4.78 is 1.74. The van der Waals surface area contributed by atoms with Crippen LogP contribution < -0.4 is 10.6 Å². The molecule has 2 heterocycles. The second-order valence-corrected chi connectivity index (χ2v) is 4.89. The van der Waals surface area contributed by atoms with Crippen molar-refractivity contribution in [2.75, 3.05) is 18.4 Å².